The summed E-state index contributed by atoms with van der Waals surface area (Å²) in [6.07, 6.45) is 7.69. The Morgan fingerprint density at radius 3 is 2.00 bits per heavy atom. The molecule has 0 N–H and O–H groups in total. The van der Waals surface area contributed by atoms with Crippen LogP contribution in [0.2, 0.25) is 0 Å². The Hall–Kier alpha value is -1.59. The van der Waals surface area contributed by atoms with Crippen LogP contribution < -0.4 is 0 Å². The lowest BCUT2D eigenvalue weighted by Gasteiger charge is -2.18. The summed E-state index contributed by atoms with van der Waals surface area (Å²) >= 11 is 0. The van der Waals surface area contributed by atoms with Crippen molar-refractivity contribution in [1.29, 1.82) is 0 Å². The van der Waals surface area contributed by atoms with Crippen LogP contribution in [0.5, 0.6) is 0 Å². The number of unbranched alkanes of at least 4 members (excludes halogenated alkanes) is 8. The van der Waals surface area contributed by atoms with E-state index in [1.807, 2.05) is 6.92 Å². The number of halogens is 4. The fourth-order valence-electron chi connectivity index (χ4n) is 3.36. The number of hydrogen-bond donors (Lipinski definition) is 0. The van der Waals surface area contributed by atoms with E-state index in [2.05, 4.69) is 6.92 Å². The van der Waals surface area contributed by atoms with Crippen molar-refractivity contribution in [3.8, 4) is 0 Å². The number of rotatable bonds is 14. The molecule has 0 saturated carbocycles. The van der Waals surface area contributed by atoms with Crippen LogP contribution in [0, 0.1) is 5.82 Å². The van der Waals surface area contributed by atoms with E-state index in [0.717, 1.165) is 31.7 Å². The largest absolute Gasteiger partial charge is 0.459 e. The molecule has 0 aliphatic rings. The molecule has 1 atom stereocenters. The Balaban J connectivity index is 2.47. The van der Waals surface area contributed by atoms with Crippen LogP contribution in [0.3, 0.4) is 0 Å². The average molecular weight is 419 g/mol. The van der Waals surface area contributed by atoms with Crippen LogP contribution in [-0.2, 0) is 10.9 Å². The van der Waals surface area contributed by atoms with Gasteiger partial charge in [0.15, 0.2) is 0 Å². The van der Waals surface area contributed by atoms with Gasteiger partial charge in [-0.05, 0) is 37.5 Å². The zero-order valence-corrected chi connectivity index (χ0v) is 17.6. The third-order valence-corrected chi connectivity index (χ3v) is 4.97. The summed E-state index contributed by atoms with van der Waals surface area (Å²) in [5.74, 6) is -2.00. The van der Waals surface area contributed by atoms with Crippen LogP contribution in [0.25, 0.3) is 0 Å². The molecule has 0 bridgehead atoms. The summed E-state index contributed by atoms with van der Waals surface area (Å²) in [6.45, 7) is 4.16. The minimum Gasteiger partial charge on any atom is -0.459 e. The molecule has 0 saturated heterocycles. The van der Waals surface area contributed by atoms with Gasteiger partial charge < -0.3 is 4.74 Å². The molecular weight excluding hydrogens is 384 g/mol. The van der Waals surface area contributed by atoms with E-state index in [-0.39, 0.29) is 6.10 Å². The Morgan fingerprint density at radius 2 is 1.45 bits per heavy atom. The highest BCUT2D eigenvalue weighted by molar-refractivity contribution is 5.89. The number of esters is 1. The molecule has 0 heterocycles. The molecule has 1 unspecified atom stereocenters. The molecule has 0 amide bonds. The Morgan fingerprint density at radius 1 is 0.862 bits per heavy atom. The molecule has 0 radical (unpaired) electrons. The second kappa shape index (κ2) is 13.6. The van der Waals surface area contributed by atoms with Crippen molar-refractivity contribution >= 4 is 5.97 Å². The number of benzene rings is 1. The quantitative estimate of drug-likeness (QED) is 0.173. The van der Waals surface area contributed by atoms with Crippen LogP contribution in [0.1, 0.15) is 107 Å². The van der Waals surface area contributed by atoms with E-state index in [1.165, 1.54) is 38.5 Å². The minimum absolute atomic E-state index is 0.352. The third-order valence-electron chi connectivity index (χ3n) is 4.97. The lowest BCUT2D eigenvalue weighted by molar-refractivity contribution is -0.137. The van der Waals surface area contributed by atoms with Gasteiger partial charge >= 0.3 is 12.1 Å². The van der Waals surface area contributed by atoms with Gasteiger partial charge in [0, 0.05) is 0 Å². The first kappa shape index (κ1) is 25.4. The minimum atomic E-state index is -4.71. The van der Waals surface area contributed by atoms with Crippen molar-refractivity contribution in [2.75, 3.05) is 0 Å². The maximum absolute atomic E-state index is 13.5. The van der Waals surface area contributed by atoms with E-state index in [9.17, 15) is 22.4 Å². The molecule has 29 heavy (non-hydrogen) atoms. The van der Waals surface area contributed by atoms with Crippen LogP contribution in [0.15, 0.2) is 18.2 Å². The fraction of sp³-hybridized carbons (Fsp3) is 0.696. The molecule has 1 rings (SSSR count). The molecular formula is C23H34F4O2. The van der Waals surface area contributed by atoms with E-state index < -0.39 is 29.1 Å². The first-order chi connectivity index (χ1) is 13.8. The molecule has 166 valence electrons. The van der Waals surface area contributed by atoms with Crippen LogP contribution >= 0.6 is 0 Å². The fourth-order valence-corrected chi connectivity index (χ4v) is 3.36. The first-order valence-corrected chi connectivity index (χ1v) is 10.9. The molecule has 6 heteroatoms. The lowest BCUT2D eigenvalue weighted by Crippen LogP contribution is -2.19. The molecule has 1 aromatic rings. The van der Waals surface area contributed by atoms with E-state index >= 15 is 0 Å². The molecule has 0 fully saturated rings. The highest BCUT2D eigenvalue weighted by Gasteiger charge is 2.32. The van der Waals surface area contributed by atoms with Crippen molar-refractivity contribution in [2.24, 2.45) is 0 Å². The predicted octanol–water partition coefficient (Wildman–Crippen LogP) is 8.09. The average Bonchev–Trinajstić information content (AvgIpc) is 2.65. The third kappa shape index (κ3) is 10.7. The van der Waals surface area contributed by atoms with Crippen molar-refractivity contribution in [3.05, 3.63) is 35.1 Å². The molecule has 0 aromatic heterocycles. The highest BCUT2D eigenvalue weighted by Crippen LogP contribution is 2.30. The number of carbonyl (C=O) groups excluding carboxylic acids is 1. The molecule has 1 aromatic carbocycles. The number of alkyl halides is 3. The van der Waals surface area contributed by atoms with Crippen LogP contribution in [-0.4, -0.2) is 12.1 Å². The van der Waals surface area contributed by atoms with E-state index in [4.69, 9.17) is 4.74 Å². The van der Waals surface area contributed by atoms with Crippen molar-refractivity contribution in [2.45, 2.75) is 103 Å². The number of ether oxygens (including phenoxy) is 1. The monoisotopic (exact) mass is 418 g/mol. The van der Waals surface area contributed by atoms with E-state index in [1.54, 1.807) is 0 Å². The number of carbonyl (C=O) groups is 1. The Labute approximate surface area is 172 Å². The smallest absolute Gasteiger partial charge is 0.416 e. The first-order valence-electron chi connectivity index (χ1n) is 10.9. The molecule has 2 nitrogen and oxygen atoms in total. The summed E-state index contributed by atoms with van der Waals surface area (Å²) in [5.41, 5.74) is -1.58. The second-order valence-corrected chi connectivity index (χ2v) is 7.66. The normalized spacial score (nSPS) is 12.8. The van der Waals surface area contributed by atoms with Crippen LogP contribution in [0.4, 0.5) is 17.6 Å². The Kier molecular flexibility index (Phi) is 11.9. The van der Waals surface area contributed by atoms with Crippen molar-refractivity contribution in [3.63, 3.8) is 0 Å². The maximum Gasteiger partial charge on any atom is 0.416 e. The van der Waals surface area contributed by atoms with Gasteiger partial charge in [-0.3, -0.25) is 0 Å². The maximum atomic E-state index is 13.5. The summed E-state index contributed by atoms with van der Waals surface area (Å²) < 4.78 is 57.4. The van der Waals surface area contributed by atoms with Gasteiger partial charge in [0.05, 0.1) is 11.1 Å². The van der Waals surface area contributed by atoms with Gasteiger partial charge in [-0.2, -0.15) is 13.2 Å². The number of hydrogen-bond acceptors (Lipinski definition) is 2. The van der Waals surface area contributed by atoms with Gasteiger partial charge in [0.2, 0.25) is 0 Å². The summed E-state index contributed by atoms with van der Waals surface area (Å²) in [6, 6.07) is 1.81. The summed E-state index contributed by atoms with van der Waals surface area (Å²) in [7, 11) is 0. The van der Waals surface area contributed by atoms with Gasteiger partial charge in [-0.15, -0.1) is 0 Å². The SMILES string of the molecule is CCCCCCCCCCCC(CCC)OC(=O)c1cc(F)cc(C(F)(F)F)c1. The van der Waals surface area contributed by atoms with Gasteiger partial charge in [-0.25, -0.2) is 9.18 Å². The Bertz CT molecular complexity index is 599. The zero-order valence-electron chi connectivity index (χ0n) is 17.6. The predicted molar refractivity (Wildman–Crippen MR) is 107 cm³/mol. The van der Waals surface area contributed by atoms with Gasteiger partial charge in [-0.1, -0.05) is 71.6 Å². The van der Waals surface area contributed by atoms with Crippen molar-refractivity contribution in [1.82, 2.24) is 0 Å². The molecule has 0 spiro atoms. The van der Waals surface area contributed by atoms with Gasteiger partial charge in [0.1, 0.15) is 11.9 Å². The standard InChI is InChI=1S/C23H34F4O2/c1-3-5-6-7-8-9-10-11-12-14-21(13-4-2)29-22(28)18-15-19(23(25,26)27)17-20(24)16-18/h15-17,21H,3-14H2,1-2H3. The highest BCUT2D eigenvalue weighted by atomic mass is 19.4. The van der Waals surface area contributed by atoms with E-state index in [0.29, 0.717) is 25.0 Å². The lowest BCUT2D eigenvalue weighted by atomic mass is 10.0. The molecule has 0 aliphatic carbocycles. The zero-order chi connectivity index (χ0) is 21.7. The summed E-state index contributed by atoms with van der Waals surface area (Å²) in [5, 5.41) is 0. The molecule has 0 aliphatic heterocycles. The second-order valence-electron chi connectivity index (χ2n) is 7.66. The van der Waals surface area contributed by atoms with Gasteiger partial charge in [0.25, 0.3) is 0 Å². The topological polar surface area (TPSA) is 26.3 Å². The summed E-state index contributed by atoms with van der Waals surface area (Å²) in [4.78, 5) is 12.3. The van der Waals surface area contributed by atoms with Crippen molar-refractivity contribution < 1.29 is 27.1 Å².